The molecule has 0 radical (unpaired) electrons. The molecule has 0 bridgehead atoms. The summed E-state index contributed by atoms with van der Waals surface area (Å²) in [5.41, 5.74) is 0.996. The van der Waals surface area contributed by atoms with E-state index in [-0.39, 0.29) is 5.54 Å². The molecule has 0 unspecified atom stereocenters. The third-order valence-electron chi connectivity index (χ3n) is 4.29. The van der Waals surface area contributed by atoms with Gasteiger partial charge in [-0.1, -0.05) is 0 Å². The highest BCUT2D eigenvalue weighted by Gasteiger charge is 2.44. The molecule has 18 heavy (non-hydrogen) atoms. The Morgan fingerprint density at radius 3 is 2.94 bits per heavy atom. The molecule has 1 aliphatic carbocycles. The first-order chi connectivity index (χ1) is 8.80. The molecule has 3 heterocycles. The van der Waals surface area contributed by atoms with Crippen molar-refractivity contribution in [2.24, 2.45) is 0 Å². The van der Waals surface area contributed by atoms with E-state index in [1.165, 1.54) is 6.42 Å². The van der Waals surface area contributed by atoms with Gasteiger partial charge in [0.2, 0.25) is 5.88 Å². The first-order valence-corrected chi connectivity index (χ1v) is 6.27. The molecule has 2 aromatic heterocycles. The normalized spacial score (nSPS) is 20.4. The molecule has 1 aliphatic heterocycles. The highest BCUT2D eigenvalue weighted by atomic mass is 16.5. The van der Waals surface area contributed by atoms with Gasteiger partial charge in [-0.25, -0.2) is 15.0 Å². The van der Waals surface area contributed by atoms with Crippen molar-refractivity contribution in [3.8, 4) is 5.88 Å². The van der Waals surface area contributed by atoms with Crippen LogP contribution in [0.15, 0.2) is 18.6 Å². The number of hydrogen-bond acceptors (Lipinski definition) is 5. The van der Waals surface area contributed by atoms with E-state index in [1.54, 1.807) is 12.5 Å². The molecule has 1 saturated carbocycles. The molecule has 1 spiro atoms. The third-order valence-corrected chi connectivity index (χ3v) is 4.29. The zero-order valence-electron chi connectivity index (χ0n) is 10.3. The molecule has 0 aromatic carbocycles. The van der Waals surface area contributed by atoms with Crippen molar-refractivity contribution in [2.45, 2.75) is 24.8 Å². The molecule has 0 atom stereocenters. The summed E-state index contributed by atoms with van der Waals surface area (Å²) in [6, 6.07) is 1.90. The van der Waals surface area contributed by atoms with E-state index in [0.717, 1.165) is 29.6 Å². The lowest BCUT2D eigenvalue weighted by atomic mass is 9.76. The first-order valence-electron chi connectivity index (χ1n) is 6.27. The fraction of sp³-hybridized carbons (Fsp3) is 0.462. The van der Waals surface area contributed by atoms with Crippen LogP contribution in [-0.2, 0) is 0 Å². The number of aromatic nitrogens is 3. The largest absolute Gasteiger partial charge is 0.475 e. The monoisotopic (exact) mass is 242 g/mol. The lowest BCUT2D eigenvalue weighted by Crippen LogP contribution is -2.56. The summed E-state index contributed by atoms with van der Waals surface area (Å²) in [5, 5.41) is 0.936. The van der Waals surface area contributed by atoms with Gasteiger partial charge in [0.25, 0.3) is 0 Å². The van der Waals surface area contributed by atoms with Crippen LogP contribution in [-0.4, -0.2) is 34.1 Å². The lowest BCUT2D eigenvalue weighted by Gasteiger charge is -2.47. The van der Waals surface area contributed by atoms with Crippen LogP contribution in [0.1, 0.15) is 19.3 Å². The Morgan fingerprint density at radius 1 is 1.28 bits per heavy atom. The molecule has 0 amide bonds. The zero-order valence-corrected chi connectivity index (χ0v) is 10.3. The van der Waals surface area contributed by atoms with Gasteiger partial charge in [0, 0.05) is 13.2 Å². The molecule has 1 fully saturated rings. The van der Waals surface area contributed by atoms with Gasteiger partial charge < -0.3 is 9.64 Å². The SMILES string of the molecule is CN1c2ncnc3ccnc(c23)OCC12CCC2. The van der Waals surface area contributed by atoms with Gasteiger partial charge in [-0.3, -0.25) is 0 Å². The highest BCUT2D eigenvalue weighted by molar-refractivity contribution is 5.94. The summed E-state index contributed by atoms with van der Waals surface area (Å²) < 4.78 is 5.92. The van der Waals surface area contributed by atoms with Gasteiger partial charge in [0.15, 0.2) is 0 Å². The molecule has 92 valence electrons. The number of rotatable bonds is 0. The lowest BCUT2D eigenvalue weighted by molar-refractivity contribution is 0.137. The maximum Gasteiger partial charge on any atom is 0.226 e. The summed E-state index contributed by atoms with van der Waals surface area (Å²) >= 11 is 0. The number of pyridine rings is 1. The number of hydrogen-bond donors (Lipinski definition) is 0. The van der Waals surface area contributed by atoms with Crippen molar-refractivity contribution >= 4 is 16.7 Å². The van der Waals surface area contributed by atoms with Crippen LogP contribution in [0.5, 0.6) is 5.88 Å². The zero-order chi connectivity index (χ0) is 12.2. The van der Waals surface area contributed by atoms with Crippen LogP contribution >= 0.6 is 0 Å². The van der Waals surface area contributed by atoms with Crippen LogP contribution in [0.25, 0.3) is 10.9 Å². The third kappa shape index (κ3) is 1.14. The number of ether oxygens (including phenoxy) is 1. The molecule has 5 heteroatoms. The second kappa shape index (κ2) is 3.31. The van der Waals surface area contributed by atoms with Gasteiger partial charge in [0.1, 0.15) is 24.1 Å². The van der Waals surface area contributed by atoms with E-state index in [9.17, 15) is 0 Å². The second-order valence-corrected chi connectivity index (χ2v) is 5.13. The molecular formula is C13H14N4O. The smallest absolute Gasteiger partial charge is 0.226 e. The van der Waals surface area contributed by atoms with E-state index in [2.05, 4.69) is 26.9 Å². The van der Waals surface area contributed by atoms with E-state index in [0.29, 0.717) is 12.5 Å². The Bertz CT molecular complexity index is 618. The van der Waals surface area contributed by atoms with Crippen LogP contribution in [0, 0.1) is 0 Å². The summed E-state index contributed by atoms with van der Waals surface area (Å²) in [5.74, 6) is 1.61. The van der Waals surface area contributed by atoms with E-state index in [1.807, 2.05) is 6.07 Å². The fourth-order valence-corrected chi connectivity index (χ4v) is 2.91. The summed E-state index contributed by atoms with van der Waals surface area (Å²) in [4.78, 5) is 15.3. The Balaban J connectivity index is 2.00. The minimum atomic E-state index is 0.0992. The number of nitrogens with zero attached hydrogens (tertiary/aromatic N) is 4. The minimum absolute atomic E-state index is 0.0992. The van der Waals surface area contributed by atoms with Crippen LogP contribution in [0.2, 0.25) is 0 Å². The average molecular weight is 242 g/mol. The van der Waals surface area contributed by atoms with E-state index < -0.39 is 0 Å². The molecule has 0 N–H and O–H groups in total. The topological polar surface area (TPSA) is 51.1 Å². The van der Waals surface area contributed by atoms with Crippen LogP contribution in [0.3, 0.4) is 0 Å². The fourth-order valence-electron chi connectivity index (χ4n) is 2.91. The van der Waals surface area contributed by atoms with Crippen molar-refractivity contribution in [1.29, 1.82) is 0 Å². The van der Waals surface area contributed by atoms with Gasteiger partial charge in [-0.2, -0.15) is 0 Å². The predicted molar refractivity (Wildman–Crippen MR) is 67.8 cm³/mol. The summed E-state index contributed by atoms with van der Waals surface area (Å²) in [6.07, 6.45) is 6.93. The van der Waals surface area contributed by atoms with Gasteiger partial charge in [-0.05, 0) is 25.3 Å². The Labute approximate surface area is 105 Å². The molecule has 0 saturated heterocycles. The maximum absolute atomic E-state index is 5.92. The van der Waals surface area contributed by atoms with Gasteiger partial charge in [0.05, 0.1) is 11.1 Å². The van der Waals surface area contributed by atoms with Crippen LogP contribution in [0.4, 0.5) is 5.82 Å². The Morgan fingerprint density at radius 2 is 2.17 bits per heavy atom. The minimum Gasteiger partial charge on any atom is -0.475 e. The summed E-state index contributed by atoms with van der Waals surface area (Å²) in [6.45, 7) is 0.686. The number of likely N-dealkylation sites (N-methyl/N-ethyl adjacent to an activating group) is 1. The predicted octanol–water partition coefficient (Wildman–Crippen LogP) is 1.78. The average Bonchev–Trinajstić information content (AvgIpc) is 2.48. The van der Waals surface area contributed by atoms with Crippen molar-refractivity contribution < 1.29 is 4.74 Å². The Hall–Kier alpha value is -1.91. The molecule has 2 aromatic rings. The van der Waals surface area contributed by atoms with E-state index in [4.69, 9.17) is 4.74 Å². The molecule has 2 aliphatic rings. The highest BCUT2D eigenvalue weighted by Crippen LogP contribution is 2.44. The van der Waals surface area contributed by atoms with Crippen LogP contribution < -0.4 is 9.64 Å². The van der Waals surface area contributed by atoms with Crippen molar-refractivity contribution in [1.82, 2.24) is 15.0 Å². The van der Waals surface area contributed by atoms with E-state index >= 15 is 0 Å². The molecule has 4 rings (SSSR count). The maximum atomic E-state index is 5.92. The molecule has 5 nitrogen and oxygen atoms in total. The van der Waals surface area contributed by atoms with Crippen molar-refractivity contribution in [3.05, 3.63) is 18.6 Å². The summed E-state index contributed by atoms with van der Waals surface area (Å²) in [7, 11) is 2.10. The van der Waals surface area contributed by atoms with Gasteiger partial charge >= 0.3 is 0 Å². The van der Waals surface area contributed by atoms with Gasteiger partial charge in [-0.15, -0.1) is 0 Å². The first kappa shape index (κ1) is 10.1. The Kier molecular flexibility index (Phi) is 1.85. The van der Waals surface area contributed by atoms with Crippen molar-refractivity contribution in [2.75, 3.05) is 18.6 Å². The quantitative estimate of drug-likeness (QED) is 0.704. The standard InChI is InChI=1S/C13H14N4O/c1-17-11-10-9(15-8-16-11)3-6-14-12(10)18-7-13(17)4-2-5-13/h3,6,8H,2,4-5,7H2,1H3. The second-order valence-electron chi connectivity index (χ2n) is 5.13. The number of anilines is 1. The molecular weight excluding hydrogens is 228 g/mol. The van der Waals surface area contributed by atoms with Crippen molar-refractivity contribution in [3.63, 3.8) is 0 Å².